The van der Waals surface area contributed by atoms with Crippen molar-refractivity contribution in [1.29, 1.82) is 0 Å². The van der Waals surface area contributed by atoms with Crippen molar-refractivity contribution in [1.82, 2.24) is 9.55 Å². The Morgan fingerprint density at radius 3 is 2.30 bits per heavy atom. The van der Waals surface area contributed by atoms with Gasteiger partial charge in [0, 0.05) is 35.6 Å². The van der Waals surface area contributed by atoms with Crippen LogP contribution < -0.4 is 9.47 Å². The molecule has 1 aromatic heterocycles. The number of aromatic nitrogens is 2. The third kappa shape index (κ3) is 5.24. The molecular weight excluding hydrogens is 538 g/mol. The molecule has 0 radical (unpaired) electrons. The molecule has 2 aliphatic rings. The lowest BCUT2D eigenvalue weighted by Crippen LogP contribution is -2.29. The Balaban J connectivity index is 1.34. The molecule has 208 valence electrons. The van der Waals surface area contributed by atoms with E-state index in [9.17, 15) is 18.7 Å². The van der Waals surface area contributed by atoms with Gasteiger partial charge in [-0.15, -0.1) is 0 Å². The number of benzene rings is 3. The van der Waals surface area contributed by atoms with Gasteiger partial charge in [-0.2, -0.15) is 0 Å². The Morgan fingerprint density at radius 1 is 1.00 bits per heavy atom. The Hall–Kier alpha value is -3.65. The Morgan fingerprint density at radius 2 is 1.65 bits per heavy atom. The van der Waals surface area contributed by atoms with Crippen LogP contribution >= 0.6 is 11.6 Å². The number of imidazole rings is 1. The van der Waals surface area contributed by atoms with Gasteiger partial charge in [-0.3, -0.25) is 0 Å². The molecule has 1 unspecified atom stereocenters. The van der Waals surface area contributed by atoms with Crippen molar-refractivity contribution in [3.63, 3.8) is 0 Å². The summed E-state index contributed by atoms with van der Waals surface area (Å²) in [6, 6.07) is 16.3. The number of carbonyl (C=O) groups is 1. The van der Waals surface area contributed by atoms with Crippen LogP contribution in [-0.4, -0.2) is 32.8 Å². The lowest BCUT2D eigenvalue weighted by Gasteiger charge is -2.32. The van der Waals surface area contributed by atoms with Crippen LogP contribution in [0.5, 0.6) is 11.5 Å². The van der Waals surface area contributed by atoms with E-state index >= 15 is 0 Å². The average Bonchev–Trinajstić information content (AvgIpc) is 3.67. The van der Waals surface area contributed by atoms with E-state index in [1.807, 2.05) is 16.7 Å². The van der Waals surface area contributed by atoms with E-state index in [4.69, 9.17) is 26.1 Å². The molecular formula is C31H29ClF2N2O4. The van der Waals surface area contributed by atoms with Gasteiger partial charge in [-0.05, 0) is 67.3 Å². The fraction of sp³-hybridized carbons (Fsp3) is 0.355. The molecule has 40 heavy (non-hydrogen) atoms. The predicted octanol–water partition coefficient (Wildman–Crippen LogP) is 7.83. The number of hydrogen-bond acceptors (Lipinski definition) is 4. The van der Waals surface area contributed by atoms with Gasteiger partial charge in [0.05, 0.1) is 17.1 Å². The molecule has 3 aromatic carbocycles. The van der Waals surface area contributed by atoms with E-state index in [1.54, 1.807) is 36.4 Å². The lowest BCUT2D eigenvalue weighted by atomic mass is 9.83. The van der Waals surface area contributed by atoms with Gasteiger partial charge >= 0.3 is 5.97 Å². The average molecular weight is 567 g/mol. The summed E-state index contributed by atoms with van der Waals surface area (Å²) in [6.07, 6.45) is 6.29. The van der Waals surface area contributed by atoms with Crippen LogP contribution in [0.1, 0.15) is 51.0 Å². The van der Waals surface area contributed by atoms with Crippen LogP contribution in [0.25, 0.3) is 22.4 Å². The first kappa shape index (κ1) is 26.6. The second kappa shape index (κ2) is 10.7. The second-order valence-corrected chi connectivity index (χ2v) is 11.2. The van der Waals surface area contributed by atoms with Crippen molar-refractivity contribution in [3.05, 3.63) is 77.3 Å². The molecule has 1 N–H and O–H groups in total. The molecule has 1 heterocycles. The normalized spacial score (nSPS) is 17.5. The van der Waals surface area contributed by atoms with Crippen molar-refractivity contribution in [2.75, 3.05) is 6.61 Å². The molecule has 2 fully saturated rings. The fourth-order valence-corrected chi connectivity index (χ4v) is 5.78. The first-order chi connectivity index (χ1) is 19.3. The van der Waals surface area contributed by atoms with Crippen LogP contribution in [0.4, 0.5) is 8.78 Å². The highest BCUT2D eigenvalue weighted by molar-refractivity contribution is 6.30. The Kier molecular flexibility index (Phi) is 7.13. The summed E-state index contributed by atoms with van der Waals surface area (Å²) in [5.74, 6) is -0.902. The van der Waals surface area contributed by atoms with Crippen molar-refractivity contribution < 1.29 is 28.2 Å². The van der Waals surface area contributed by atoms with Crippen molar-refractivity contribution in [2.45, 2.75) is 56.6 Å². The first-order valence-electron chi connectivity index (χ1n) is 13.6. The van der Waals surface area contributed by atoms with Gasteiger partial charge in [0.15, 0.2) is 11.6 Å². The molecule has 6 rings (SSSR count). The molecule has 0 spiro atoms. The molecule has 0 bridgehead atoms. The van der Waals surface area contributed by atoms with Crippen LogP contribution in [0.15, 0.2) is 60.7 Å². The van der Waals surface area contributed by atoms with Gasteiger partial charge in [-0.1, -0.05) is 30.9 Å². The highest BCUT2D eigenvalue weighted by Crippen LogP contribution is 2.41. The van der Waals surface area contributed by atoms with Crippen LogP contribution in [0, 0.1) is 17.6 Å². The summed E-state index contributed by atoms with van der Waals surface area (Å²) in [4.78, 5) is 16.2. The standard InChI is InChI=1S/C31H29ClF2N2O4/c32-21-8-6-20(7-9-21)29-35-26-16-24(33)25(34)17-27(26)36(29)28(19-4-2-1-3-5-19)18-39-22-10-12-23(13-11-22)40-31(14-15-31)30(37)38/h6-13,16-17,19,28H,1-5,14-15,18H2,(H,37,38). The highest BCUT2D eigenvalue weighted by Gasteiger charge is 2.53. The zero-order chi connectivity index (χ0) is 27.9. The van der Waals surface area contributed by atoms with Crippen molar-refractivity contribution in [2.24, 2.45) is 5.92 Å². The second-order valence-electron chi connectivity index (χ2n) is 10.7. The van der Waals surface area contributed by atoms with Gasteiger partial charge in [0.2, 0.25) is 5.60 Å². The number of aliphatic carboxylic acids is 1. The molecule has 9 heteroatoms. The largest absolute Gasteiger partial charge is 0.491 e. The topological polar surface area (TPSA) is 73.6 Å². The summed E-state index contributed by atoms with van der Waals surface area (Å²) in [5, 5.41) is 9.98. The Labute approximate surface area is 235 Å². The molecule has 0 saturated heterocycles. The molecule has 6 nitrogen and oxygen atoms in total. The van der Waals surface area contributed by atoms with Crippen LogP contribution in [0.3, 0.4) is 0 Å². The number of carboxylic acid groups (broad SMARTS) is 1. The number of hydrogen-bond donors (Lipinski definition) is 1. The maximum Gasteiger partial charge on any atom is 0.348 e. The maximum atomic E-state index is 14.5. The van der Waals surface area contributed by atoms with Crippen molar-refractivity contribution >= 4 is 28.6 Å². The molecule has 4 aromatic rings. The van der Waals surface area contributed by atoms with E-state index in [2.05, 4.69) is 0 Å². The number of fused-ring (bicyclic) bond motifs is 1. The van der Waals surface area contributed by atoms with E-state index in [1.165, 1.54) is 6.07 Å². The molecule has 1 atom stereocenters. The number of carboxylic acids is 1. The van der Waals surface area contributed by atoms with E-state index in [0.717, 1.165) is 43.7 Å². The fourth-order valence-electron chi connectivity index (χ4n) is 5.65. The van der Waals surface area contributed by atoms with E-state index in [-0.39, 0.29) is 18.6 Å². The zero-order valence-corrected chi connectivity index (χ0v) is 22.5. The third-order valence-electron chi connectivity index (χ3n) is 8.01. The minimum Gasteiger partial charge on any atom is -0.491 e. The smallest absolute Gasteiger partial charge is 0.348 e. The van der Waals surface area contributed by atoms with Crippen LogP contribution in [0.2, 0.25) is 5.02 Å². The quantitative estimate of drug-likeness (QED) is 0.223. The SMILES string of the molecule is O=C(O)C1(Oc2ccc(OCC(C3CCCCC3)n3c(-c4ccc(Cl)cc4)nc4cc(F)c(F)cc43)cc2)CC1. The summed E-state index contributed by atoms with van der Waals surface area (Å²) in [5.41, 5.74) is 0.550. The zero-order valence-electron chi connectivity index (χ0n) is 21.8. The third-order valence-corrected chi connectivity index (χ3v) is 8.26. The molecule has 2 saturated carbocycles. The minimum atomic E-state index is -1.12. The van der Waals surface area contributed by atoms with Gasteiger partial charge in [0.25, 0.3) is 0 Å². The number of halogens is 3. The van der Waals surface area contributed by atoms with Gasteiger partial charge in [0.1, 0.15) is 23.9 Å². The summed E-state index contributed by atoms with van der Waals surface area (Å²) < 4.78 is 42.8. The van der Waals surface area contributed by atoms with Crippen LogP contribution in [-0.2, 0) is 4.79 Å². The minimum absolute atomic E-state index is 0.196. The molecule has 2 aliphatic carbocycles. The van der Waals surface area contributed by atoms with Crippen molar-refractivity contribution in [3.8, 4) is 22.9 Å². The summed E-state index contributed by atoms with van der Waals surface area (Å²) >= 11 is 6.14. The number of ether oxygens (including phenoxy) is 2. The predicted molar refractivity (Wildman–Crippen MR) is 148 cm³/mol. The number of rotatable bonds is 9. The van der Waals surface area contributed by atoms with E-state index < -0.39 is 23.2 Å². The lowest BCUT2D eigenvalue weighted by molar-refractivity contribution is -0.147. The monoisotopic (exact) mass is 566 g/mol. The number of nitrogens with zero attached hydrogens (tertiary/aromatic N) is 2. The molecule has 0 aliphatic heterocycles. The Bertz CT molecular complexity index is 1530. The van der Waals surface area contributed by atoms with Gasteiger partial charge in [-0.25, -0.2) is 18.6 Å². The maximum absolute atomic E-state index is 14.5. The first-order valence-corrected chi connectivity index (χ1v) is 14.0. The van der Waals surface area contributed by atoms with E-state index in [0.29, 0.717) is 46.2 Å². The highest BCUT2D eigenvalue weighted by atomic mass is 35.5. The summed E-state index contributed by atoms with van der Waals surface area (Å²) in [6.45, 7) is 0.287. The molecule has 0 amide bonds. The summed E-state index contributed by atoms with van der Waals surface area (Å²) in [7, 11) is 0. The van der Waals surface area contributed by atoms with Gasteiger partial charge < -0.3 is 19.1 Å².